The number of carboxylic acids is 1. The Morgan fingerprint density at radius 2 is 1.61 bits per heavy atom. The Balaban J connectivity index is 3.23. The normalized spacial score (nSPS) is 10.4. The molecule has 0 heterocycles. The average Bonchev–Trinajstić information content (AvgIpc) is 2.53. The molecule has 1 N–H and O–H groups in total. The Labute approximate surface area is 139 Å². The summed E-state index contributed by atoms with van der Waals surface area (Å²) in [6.07, 6.45) is 0. The highest BCUT2D eigenvalue weighted by Crippen LogP contribution is 2.29. The lowest BCUT2D eigenvalue weighted by Gasteiger charge is -2.23. The van der Waals surface area contributed by atoms with E-state index >= 15 is 0 Å². The van der Waals surface area contributed by atoms with Crippen molar-refractivity contribution in [1.29, 1.82) is 0 Å². The third kappa shape index (κ3) is 5.09. The molecule has 0 spiro atoms. The number of ether oxygens (including phenoxy) is 3. The van der Waals surface area contributed by atoms with Crippen molar-refractivity contribution >= 4 is 23.5 Å². The van der Waals surface area contributed by atoms with E-state index in [0.717, 1.165) is 0 Å². The van der Waals surface area contributed by atoms with Crippen LogP contribution in [0.1, 0.15) is 20.7 Å². The number of amides is 1. The van der Waals surface area contributed by atoms with Crippen LogP contribution in [0.5, 0.6) is 5.75 Å². The third-order valence-electron chi connectivity index (χ3n) is 3.14. The lowest BCUT2D eigenvalue weighted by atomic mass is 10.1. The second-order valence-electron chi connectivity index (χ2n) is 4.62. The highest BCUT2D eigenvalue weighted by atomic mass is 35.5. The Morgan fingerprint density at radius 3 is 2.04 bits per heavy atom. The van der Waals surface area contributed by atoms with E-state index < -0.39 is 11.9 Å². The van der Waals surface area contributed by atoms with E-state index in [1.165, 1.54) is 38.4 Å². The summed E-state index contributed by atoms with van der Waals surface area (Å²) in [5, 5.41) is 9.39. The number of nitrogens with zero attached hydrogens (tertiary/aromatic N) is 1. The maximum absolute atomic E-state index is 12.7. The zero-order valence-corrected chi connectivity index (χ0v) is 14.1. The van der Waals surface area contributed by atoms with Gasteiger partial charge in [-0.05, 0) is 12.1 Å². The molecule has 0 aliphatic heterocycles. The fourth-order valence-electron chi connectivity index (χ4n) is 2.02. The van der Waals surface area contributed by atoms with Crippen molar-refractivity contribution in [2.45, 2.75) is 0 Å². The lowest BCUT2D eigenvalue weighted by molar-refractivity contribution is 0.0624. The number of benzene rings is 1. The van der Waals surface area contributed by atoms with E-state index in [0.29, 0.717) is 26.3 Å². The average molecular weight is 346 g/mol. The van der Waals surface area contributed by atoms with E-state index in [1.54, 1.807) is 0 Å². The molecule has 0 aliphatic rings. The van der Waals surface area contributed by atoms with Crippen LogP contribution in [0.15, 0.2) is 12.1 Å². The number of carbonyl (C=O) groups excluding carboxylic acids is 1. The molecule has 7 nitrogen and oxygen atoms in total. The monoisotopic (exact) mass is 345 g/mol. The number of methoxy groups -OCH3 is 3. The van der Waals surface area contributed by atoms with Gasteiger partial charge < -0.3 is 24.2 Å². The molecule has 0 aromatic heterocycles. The standard InChI is InChI=1S/C15H20ClNO6/c1-21-6-4-17(5-7-22-2)14(18)11-8-10(16)9-12(15(19)20)13(11)23-3/h8-9H,4-7H2,1-3H3,(H,19,20). The highest BCUT2D eigenvalue weighted by Gasteiger charge is 2.24. The van der Waals surface area contributed by atoms with E-state index in [-0.39, 0.29) is 21.9 Å². The Kier molecular flexibility index (Phi) is 7.80. The van der Waals surface area contributed by atoms with Gasteiger partial charge in [0.05, 0.1) is 25.9 Å². The molecule has 1 rings (SSSR count). The van der Waals surface area contributed by atoms with Gasteiger partial charge in [0.1, 0.15) is 11.3 Å². The quantitative estimate of drug-likeness (QED) is 0.734. The molecule has 0 saturated heterocycles. The predicted octanol–water partition coefficient (Wildman–Crippen LogP) is 1.78. The maximum Gasteiger partial charge on any atom is 0.339 e. The summed E-state index contributed by atoms with van der Waals surface area (Å²) in [4.78, 5) is 25.6. The zero-order valence-electron chi connectivity index (χ0n) is 13.3. The van der Waals surface area contributed by atoms with Crippen LogP contribution in [0.25, 0.3) is 0 Å². The molecule has 1 aromatic carbocycles. The van der Waals surface area contributed by atoms with Crippen LogP contribution in [-0.4, -0.2) is 69.5 Å². The van der Waals surface area contributed by atoms with Gasteiger partial charge in [0.25, 0.3) is 5.91 Å². The Morgan fingerprint density at radius 1 is 1.09 bits per heavy atom. The molecule has 0 radical (unpaired) electrons. The number of carbonyl (C=O) groups is 2. The first kappa shape index (κ1) is 19.2. The molecular weight excluding hydrogens is 326 g/mol. The van der Waals surface area contributed by atoms with Crippen molar-refractivity contribution in [3.63, 3.8) is 0 Å². The molecule has 0 unspecified atom stereocenters. The van der Waals surface area contributed by atoms with Gasteiger partial charge in [0.2, 0.25) is 0 Å². The summed E-state index contributed by atoms with van der Waals surface area (Å²) >= 11 is 5.94. The third-order valence-corrected chi connectivity index (χ3v) is 3.35. The first-order valence-corrected chi connectivity index (χ1v) is 7.22. The van der Waals surface area contributed by atoms with Crippen LogP contribution in [0.4, 0.5) is 0 Å². The number of aromatic carboxylic acids is 1. The van der Waals surface area contributed by atoms with Crippen LogP contribution >= 0.6 is 11.6 Å². The molecule has 0 atom stereocenters. The predicted molar refractivity (Wildman–Crippen MR) is 84.6 cm³/mol. The molecule has 0 fully saturated rings. The lowest BCUT2D eigenvalue weighted by Crippen LogP contribution is -2.36. The molecule has 0 aliphatic carbocycles. The number of carboxylic acid groups (broad SMARTS) is 1. The minimum atomic E-state index is -1.22. The largest absolute Gasteiger partial charge is 0.495 e. The maximum atomic E-state index is 12.7. The van der Waals surface area contributed by atoms with E-state index in [1.807, 2.05) is 0 Å². The first-order valence-electron chi connectivity index (χ1n) is 6.84. The molecule has 128 valence electrons. The van der Waals surface area contributed by atoms with Crippen molar-refractivity contribution in [3.8, 4) is 5.75 Å². The number of hydrogen-bond donors (Lipinski definition) is 1. The molecule has 23 heavy (non-hydrogen) atoms. The van der Waals surface area contributed by atoms with Gasteiger partial charge in [-0.3, -0.25) is 4.79 Å². The van der Waals surface area contributed by atoms with Crippen LogP contribution in [0.3, 0.4) is 0 Å². The number of rotatable bonds is 9. The smallest absolute Gasteiger partial charge is 0.339 e. The minimum Gasteiger partial charge on any atom is -0.495 e. The summed E-state index contributed by atoms with van der Waals surface area (Å²) < 4.78 is 15.1. The number of hydrogen-bond acceptors (Lipinski definition) is 5. The molecule has 0 bridgehead atoms. The molecule has 1 amide bonds. The second-order valence-corrected chi connectivity index (χ2v) is 5.05. The number of halogens is 1. The summed E-state index contributed by atoms with van der Waals surface area (Å²) in [7, 11) is 4.37. The van der Waals surface area contributed by atoms with Crippen LogP contribution in [0, 0.1) is 0 Å². The molecule has 1 aromatic rings. The van der Waals surface area contributed by atoms with Gasteiger partial charge in [-0.25, -0.2) is 4.79 Å². The molecule has 8 heteroatoms. The van der Waals surface area contributed by atoms with E-state index in [9.17, 15) is 14.7 Å². The van der Waals surface area contributed by atoms with Gasteiger partial charge >= 0.3 is 5.97 Å². The molecular formula is C15H20ClNO6. The van der Waals surface area contributed by atoms with Gasteiger partial charge in [-0.1, -0.05) is 11.6 Å². The highest BCUT2D eigenvalue weighted by molar-refractivity contribution is 6.31. The topological polar surface area (TPSA) is 85.3 Å². The van der Waals surface area contributed by atoms with Crippen LogP contribution in [-0.2, 0) is 9.47 Å². The summed E-state index contributed by atoms with van der Waals surface area (Å²) in [5.74, 6) is -1.65. The summed E-state index contributed by atoms with van der Waals surface area (Å²) in [5.41, 5.74) is -0.0774. The zero-order chi connectivity index (χ0) is 17.4. The Bertz CT molecular complexity index is 555. The van der Waals surface area contributed by atoms with Gasteiger partial charge in [-0.2, -0.15) is 0 Å². The fourth-order valence-corrected chi connectivity index (χ4v) is 2.24. The van der Waals surface area contributed by atoms with Crippen molar-refractivity contribution < 1.29 is 28.9 Å². The first-order chi connectivity index (χ1) is 11.0. The van der Waals surface area contributed by atoms with Gasteiger partial charge in [0.15, 0.2) is 0 Å². The van der Waals surface area contributed by atoms with E-state index in [4.69, 9.17) is 25.8 Å². The second kappa shape index (κ2) is 9.34. The SMILES string of the molecule is COCCN(CCOC)C(=O)c1cc(Cl)cc(C(=O)O)c1OC. The Hall–Kier alpha value is -1.83. The van der Waals surface area contributed by atoms with Crippen molar-refractivity contribution in [1.82, 2.24) is 4.90 Å². The molecule has 0 saturated carbocycles. The van der Waals surface area contributed by atoms with Crippen LogP contribution in [0.2, 0.25) is 5.02 Å². The van der Waals surface area contributed by atoms with Crippen LogP contribution < -0.4 is 4.74 Å². The summed E-state index contributed by atoms with van der Waals surface area (Å²) in [6, 6.07) is 2.63. The van der Waals surface area contributed by atoms with Crippen molar-refractivity contribution in [3.05, 3.63) is 28.3 Å². The fraction of sp³-hybridized carbons (Fsp3) is 0.467. The minimum absolute atomic E-state index is 0.0215. The summed E-state index contributed by atoms with van der Waals surface area (Å²) in [6.45, 7) is 1.34. The van der Waals surface area contributed by atoms with Gasteiger partial charge in [0, 0.05) is 32.3 Å². The van der Waals surface area contributed by atoms with Crippen molar-refractivity contribution in [2.24, 2.45) is 0 Å². The van der Waals surface area contributed by atoms with Gasteiger partial charge in [-0.15, -0.1) is 0 Å². The van der Waals surface area contributed by atoms with E-state index in [2.05, 4.69) is 0 Å². The van der Waals surface area contributed by atoms with Crippen molar-refractivity contribution in [2.75, 3.05) is 47.6 Å².